The van der Waals surface area contributed by atoms with E-state index >= 15 is 0 Å². The second-order valence-electron chi connectivity index (χ2n) is 5.61. The average Bonchev–Trinajstić information content (AvgIpc) is 3.12. The number of thiocarbonyl (C=S) groups is 1. The fourth-order valence-electron chi connectivity index (χ4n) is 2.95. The number of hydrogen-bond acceptors (Lipinski definition) is 4. The van der Waals surface area contributed by atoms with Crippen molar-refractivity contribution < 1.29 is 9.15 Å². The van der Waals surface area contributed by atoms with Crippen LogP contribution in [0, 0.1) is 6.92 Å². The highest BCUT2D eigenvalue weighted by atomic mass is 32.1. The second-order valence-corrected chi connectivity index (χ2v) is 6.00. The number of furan rings is 1. The van der Waals surface area contributed by atoms with Gasteiger partial charge < -0.3 is 19.4 Å². The van der Waals surface area contributed by atoms with Crippen molar-refractivity contribution in [1.29, 1.82) is 0 Å². The minimum absolute atomic E-state index is 0.00274. The van der Waals surface area contributed by atoms with Crippen molar-refractivity contribution in [3.63, 3.8) is 0 Å². The van der Waals surface area contributed by atoms with E-state index in [2.05, 4.69) is 15.2 Å². The van der Waals surface area contributed by atoms with E-state index in [1.807, 2.05) is 37.3 Å². The first-order valence-corrected chi connectivity index (χ1v) is 8.15. The highest BCUT2D eigenvalue weighted by Crippen LogP contribution is 2.39. The number of aryl methyl sites for hydroxylation is 1. The molecule has 0 spiro atoms. The number of rotatable bonds is 6. The van der Waals surface area contributed by atoms with Crippen LogP contribution in [0.1, 0.15) is 35.7 Å². The van der Waals surface area contributed by atoms with Crippen LogP contribution in [0.25, 0.3) is 0 Å². The van der Waals surface area contributed by atoms with Gasteiger partial charge in [-0.1, -0.05) is 6.07 Å². The first kappa shape index (κ1) is 16.0. The maximum absolute atomic E-state index is 5.90. The third-order valence-corrected chi connectivity index (χ3v) is 4.35. The van der Waals surface area contributed by atoms with E-state index in [-0.39, 0.29) is 12.1 Å². The van der Waals surface area contributed by atoms with Gasteiger partial charge in [-0.05, 0) is 49.8 Å². The number of methoxy groups -OCH3 is 1. The monoisotopic (exact) mass is 331 g/mol. The quantitative estimate of drug-likeness (QED) is 0.649. The fourth-order valence-corrected chi connectivity index (χ4v) is 3.28. The molecule has 1 fully saturated rings. The molecule has 3 heterocycles. The van der Waals surface area contributed by atoms with Gasteiger partial charge in [0.05, 0.1) is 11.7 Å². The lowest BCUT2D eigenvalue weighted by Gasteiger charge is -2.25. The summed E-state index contributed by atoms with van der Waals surface area (Å²) in [6.07, 6.45) is 2.71. The molecular formula is C17H21N3O2S. The zero-order valence-electron chi connectivity index (χ0n) is 13.4. The van der Waals surface area contributed by atoms with Gasteiger partial charge in [0.1, 0.15) is 17.6 Å². The summed E-state index contributed by atoms with van der Waals surface area (Å²) >= 11 is 5.56. The third kappa shape index (κ3) is 3.38. The molecule has 2 atom stereocenters. The molecule has 2 aromatic rings. The van der Waals surface area contributed by atoms with Crippen LogP contribution in [-0.4, -0.2) is 35.3 Å². The molecule has 6 heteroatoms. The average molecular weight is 331 g/mol. The Morgan fingerprint density at radius 2 is 2.22 bits per heavy atom. The zero-order valence-corrected chi connectivity index (χ0v) is 14.2. The van der Waals surface area contributed by atoms with Crippen LogP contribution in [0.3, 0.4) is 0 Å². The number of ether oxygens (including phenoxy) is 1. The molecule has 0 aromatic carbocycles. The zero-order chi connectivity index (χ0) is 16.2. The lowest BCUT2D eigenvalue weighted by Crippen LogP contribution is -2.31. The predicted octanol–water partition coefficient (Wildman–Crippen LogP) is 2.99. The summed E-state index contributed by atoms with van der Waals surface area (Å²) in [4.78, 5) is 6.67. The number of hydrogen-bond donors (Lipinski definition) is 1. The molecule has 5 nitrogen and oxygen atoms in total. The van der Waals surface area contributed by atoms with Crippen molar-refractivity contribution in [2.45, 2.75) is 25.4 Å². The second kappa shape index (κ2) is 7.10. The van der Waals surface area contributed by atoms with Crippen LogP contribution in [0.2, 0.25) is 0 Å². The summed E-state index contributed by atoms with van der Waals surface area (Å²) < 4.78 is 11.1. The van der Waals surface area contributed by atoms with E-state index in [0.717, 1.165) is 35.3 Å². The highest BCUT2D eigenvalue weighted by molar-refractivity contribution is 7.80. The molecule has 0 bridgehead atoms. The van der Waals surface area contributed by atoms with E-state index in [9.17, 15) is 0 Å². The Hall–Kier alpha value is -1.92. The summed E-state index contributed by atoms with van der Waals surface area (Å²) in [5.41, 5.74) is 0.961. The molecule has 0 unspecified atom stereocenters. The summed E-state index contributed by atoms with van der Waals surface area (Å²) in [6, 6.07) is 9.92. The van der Waals surface area contributed by atoms with Crippen LogP contribution < -0.4 is 5.32 Å². The van der Waals surface area contributed by atoms with Crippen molar-refractivity contribution in [3.05, 3.63) is 53.7 Å². The summed E-state index contributed by atoms with van der Waals surface area (Å²) in [5.74, 6) is 1.80. The molecule has 1 N–H and O–H groups in total. The summed E-state index contributed by atoms with van der Waals surface area (Å²) in [5, 5.41) is 4.13. The Labute approximate surface area is 141 Å². The number of pyridine rings is 1. The van der Waals surface area contributed by atoms with Crippen molar-refractivity contribution in [3.8, 4) is 0 Å². The molecule has 0 saturated carbocycles. The minimum atomic E-state index is -0.0169. The highest BCUT2D eigenvalue weighted by Gasteiger charge is 2.41. The smallest absolute Gasteiger partial charge is 0.170 e. The Morgan fingerprint density at radius 1 is 1.35 bits per heavy atom. The van der Waals surface area contributed by atoms with E-state index in [1.165, 1.54) is 0 Å². The van der Waals surface area contributed by atoms with Gasteiger partial charge in [-0.15, -0.1) is 0 Å². The van der Waals surface area contributed by atoms with Crippen LogP contribution >= 0.6 is 12.2 Å². The molecule has 1 aliphatic heterocycles. The topological polar surface area (TPSA) is 50.5 Å². The standard InChI is InChI=1S/C17H21N3O2S/c1-12-7-8-14(22-12)16-15(13-6-3-4-9-18-13)19-17(23)20(16)10-5-11-21-2/h3-4,6-9,15-16H,5,10-11H2,1-2H3,(H,19,23)/t15-,16+/m0/s1. The summed E-state index contributed by atoms with van der Waals surface area (Å²) in [6.45, 7) is 3.47. The maximum atomic E-state index is 5.90. The number of aromatic nitrogens is 1. The van der Waals surface area contributed by atoms with Gasteiger partial charge in [-0.2, -0.15) is 0 Å². The number of nitrogens with zero attached hydrogens (tertiary/aromatic N) is 2. The van der Waals surface area contributed by atoms with Gasteiger partial charge in [-0.25, -0.2) is 0 Å². The van der Waals surface area contributed by atoms with Gasteiger partial charge >= 0.3 is 0 Å². The van der Waals surface area contributed by atoms with Crippen LogP contribution in [0.4, 0.5) is 0 Å². The largest absolute Gasteiger partial charge is 0.464 e. The van der Waals surface area contributed by atoms with Gasteiger partial charge in [0.15, 0.2) is 5.11 Å². The predicted molar refractivity (Wildman–Crippen MR) is 92.1 cm³/mol. The van der Waals surface area contributed by atoms with Crippen molar-refractivity contribution >= 4 is 17.3 Å². The lowest BCUT2D eigenvalue weighted by atomic mass is 10.0. The number of nitrogens with one attached hydrogen (secondary N) is 1. The molecule has 23 heavy (non-hydrogen) atoms. The first-order chi connectivity index (χ1) is 11.2. The normalized spacial score (nSPS) is 20.8. The fraction of sp³-hybridized carbons (Fsp3) is 0.412. The molecule has 122 valence electrons. The lowest BCUT2D eigenvalue weighted by molar-refractivity contribution is 0.177. The van der Waals surface area contributed by atoms with E-state index in [1.54, 1.807) is 13.3 Å². The molecule has 1 saturated heterocycles. The molecule has 0 aliphatic carbocycles. The van der Waals surface area contributed by atoms with E-state index < -0.39 is 0 Å². The first-order valence-electron chi connectivity index (χ1n) is 7.74. The van der Waals surface area contributed by atoms with Crippen molar-refractivity contribution in [2.24, 2.45) is 0 Å². The Morgan fingerprint density at radius 3 is 2.87 bits per heavy atom. The molecule has 0 amide bonds. The van der Waals surface area contributed by atoms with Crippen LogP contribution in [0.5, 0.6) is 0 Å². The molecular weight excluding hydrogens is 310 g/mol. The van der Waals surface area contributed by atoms with Gasteiger partial charge in [0.2, 0.25) is 0 Å². The Bertz CT molecular complexity index is 659. The van der Waals surface area contributed by atoms with Gasteiger partial charge in [-0.3, -0.25) is 4.98 Å². The van der Waals surface area contributed by atoms with E-state index in [4.69, 9.17) is 21.4 Å². The minimum Gasteiger partial charge on any atom is -0.464 e. The molecule has 1 aliphatic rings. The Balaban J connectivity index is 1.91. The third-order valence-electron chi connectivity index (χ3n) is 4.00. The summed E-state index contributed by atoms with van der Waals surface area (Å²) in [7, 11) is 1.71. The van der Waals surface area contributed by atoms with Crippen molar-refractivity contribution in [2.75, 3.05) is 20.3 Å². The van der Waals surface area contributed by atoms with E-state index in [0.29, 0.717) is 6.61 Å². The molecule has 0 radical (unpaired) electrons. The SMILES string of the molecule is COCCCN1C(=S)N[C@@H](c2ccccn2)[C@H]1c1ccc(C)o1. The van der Waals surface area contributed by atoms with Crippen LogP contribution in [0.15, 0.2) is 40.9 Å². The van der Waals surface area contributed by atoms with Crippen LogP contribution in [-0.2, 0) is 4.74 Å². The van der Waals surface area contributed by atoms with Gasteiger partial charge in [0.25, 0.3) is 0 Å². The molecule has 3 rings (SSSR count). The Kier molecular flexibility index (Phi) is 4.93. The maximum Gasteiger partial charge on any atom is 0.170 e. The van der Waals surface area contributed by atoms with Crippen molar-refractivity contribution in [1.82, 2.24) is 15.2 Å². The van der Waals surface area contributed by atoms with Gasteiger partial charge in [0, 0.05) is 26.5 Å². The molecule has 2 aromatic heterocycles.